The van der Waals surface area contributed by atoms with Crippen LogP contribution in [-0.2, 0) is 9.59 Å². The van der Waals surface area contributed by atoms with Crippen LogP contribution in [0.15, 0.2) is 0 Å². The third kappa shape index (κ3) is 2.26. The zero-order valence-corrected chi connectivity index (χ0v) is 13.0. The molecule has 5 heteroatoms. The van der Waals surface area contributed by atoms with Crippen molar-refractivity contribution in [3.05, 3.63) is 0 Å². The fraction of sp³-hybridized carbons (Fsp3) is 0.875. The molecule has 2 unspecified atom stereocenters. The van der Waals surface area contributed by atoms with Crippen molar-refractivity contribution in [2.45, 2.75) is 62.3 Å². The van der Waals surface area contributed by atoms with Gasteiger partial charge >= 0.3 is 0 Å². The van der Waals surface area contributed by atoms with Gasteiger partial charge in [0, 0.05) is 11.4 Å². The van der Waals surface area contributed by atoms with Gasteiger partial charge in [-0.05, 0) is 63.2 Å². The predicted molar refractivity (Wildman–Crippen MR) is 79.9 cm³/mol. The molecule has 0 radical (unpaired) electrons. The van der Waals surface area contributed by atoms with Crippen LogP contribution in [0.25, 0.3) is 0 Å². The molecule has 0 spiro atoms. The normalized spacial score (nSPS) is 48.0. The fourth-order valence-electron chi connectivity index (χ4n) is 5.64. The molecule has 116 valence electrons. The zero-order chi connectivity index (χ0) is 14.7. The van der Waals surface area contributed by atoms with E-state index in [-0.39, 0.29) is 28.1 Å². The van der Waals surface area contributed by atoms with Crippen molar-refractivity contribution in [2.24, 2.45) is 17.3 Å². The molecule has 0 aromatic rings. The van der Waals surface area contributed by atoms with E-state index in [2.05, 4.69) is 10.6 Å². The maximum atomic E-state index is 12.9. The molecule has 4 nitrogen and oxygen atoms in total. The monoisotopic (exact) mass is 310 g/mol. The molecule has 1 saturated heterocycles. The van der Waals surface area contributed by atoms with E-state index in [4.69, 9.17) is 11.6 Å². The second kappa shape index (κ2) is 4.61. The number of hydrogen-bond donors (Lipinski definition) is 2. The topological polar surface area (TPSA) is 58.2 Å². The van der Waals surface area contributed by atoms with Crippen LogP contribution in [0.2, 0.25) is 0 Å². The summed E-state index contributed by atoms with van der Waals surface area (Å²) >= 11 is 6.78. The van der Waals surface area contributed by atoms with E-state index in [1.54, 1.807) is 0 Å². The Morgan fingerprint density at radius 1 is 1.24 bits per heavy atom. The molecule has 4 aliphatic carbocycles. The number of piperidine rings is 1. The summed E-state index contributed by atoms with van der Waals surface area (Å²) in [4.78, 5) is 24.6. The Kier molecular flexibility index (Phi) is 3.04. The first-order valence-electron chi connectivity index (χ1n) is 8.26. The van der Waals surface area contributed by atoms with Gasteiger partial charge in [-0.3, -0.25) is 9.59 Å². The van der Waals surface area contributed by atoms with Gasteiger partial charge in [0.25, 0.3) is 0 Å². The highest BCUT2D eigenvalue weighted by Gasteiger charge is 2.60. The quantitative estimate of drug-likeness (QED) is 0.766. The molecule has 0 aromatic carbocycles. The first kappa shape index (κ1) is 13.9. The highest BCUT2D eigenvalue weighted by atomic mass is 35.5. The largest absolute Gasteiger partial charge is 0.354 e. The summed E-state index contributed by atoms with van der Waals surface area (Å²) in [5.74, 6) is 1.27. The first-order chi connectivity index (χ1) is 9.98. The van der Waals surface area contributed by atoms with E-state index in [1.165, 1.54) is 6.42 Å². The van der Waals surface area contributed by atoms with Crippen molar-refractivity contribution >= 4 is 23.4 Å². The minimum atomic E-state index is -0.342. The van der Waals surface area contributed by atoms with Gasteiger partial charge in [-0.15, -0.1) is 11.6 Å². The van der Waals surface area contributed by atoms with Crippen LogP contribution in [0.1, 0.15) is 51.4 Å². The number of rotatable bonds is 2. The first-order valence-corrected chi connectivity index (χ1v) is 8.64. The summed E-state index contributed by atoms with van der Waals surface area (Å²) in [5, 5.41) is 5.87. The Hall–Kier alpha value is -0.770. The van der Waals surface area contributed by atoms with Gasteiger partial charge < -0.3 is 10.6 Å². The fourth-order valence-corrected chi connectivity index (χ4v) is 6.33. The van der Waals surface area contributed by atoms with E-state index in [0.717, 1.165) is 51.5 Å². The lowest BCUT2D eigenvalue weighted by Crippen LogP contribution is -2.61. The highest BCUT2D eigenvalue weighted by molar-refractivity contribution is 6.24. The summed E-state index contributed by atoms with van der Waals surface area (Å²) in [6.45, 7) is 0.727. The standard InChI is InChI=1S/C16H23ClN2O2/c17-16-7-10-4-11(8-16)6-15(5-10,9-16)14(21)19-12-2-1-3-18-13(12)20/h10-12H,1-9H2,(H,18,20)(H,19,21)/t10?,11?,12-,15?,16?/m1/s1. The number of amides is 2. The number of nitrogens with one attached hydrogen (secondary N) is 2. The third-order valence-electron chi connectivity index (χ3n) is 6.06. The van der Waals surface area contributed by atoms with Crippen molar-refractivity contribution < 1.29 is 9.59 Å². The van der Waals surface area contributed by atoms with Crippen molar-refractivity contribution in [3.8, 4) is 0 Å². The van der Waals surface area contributed by atoms with Crippen LogP contribution in [-0.4, -0.2) is 29.3 Å². The Morgan fingerprint density at radius 3 is 2.57 bits per heavy atom. The molecule has 0 aromatic heterocycles. The molecule has 21 heavy (non-hydrogen) atoms. The van der Waals surface area contributed by atoms with Crippen LogP contribution in [0, 0.1) is 17.3 Å². The minimum Gasteiger partial charge on any atom is -0.354 e. The van der Waals surface area contributed by atoms with Crippen molar-refractivity contribution in [3.63, 3.8) is 0 Å². The number of alkyl halides is 1. The molecule has 1 aliphatic heterocycles. The van der Waals surface area contributed by atoms with E-state index in [1.807, 2.05) is 0 Å². The Bertz CT molecular complexity index is 479. The van der Waals surface area contributed by atoms with Gasteiger partial charge in [0.2, 0.25) is 11.8 Å². The lowest BCUT2D eigenvalue weighted by atomic mass is 9.49. The lowest BCUT2D eigenvalue weighted by Gasteiger charge is -2.59. The summed E-state index contributed by atoms with van der Waals surface area (Å²) < 4.78 is 0. The maximum absolute atomic E-state index is 12.9. The van der Waals surface area contributed by atoms with Crippen LogP contribution in [0.4, 0.5) is 0 Å². The molecule has 2 amide bonds. The second-order valence-electron chi connectivity index (χ2n) is 7.85. The van der Waals surface area contributed by atoms with E-state index >= 15 is 0 Å². The summed E-state index contributed by atoms with van der Waals surface area (Å²) in [5.41, 5.74) is -0.302. The van der Waals surface area contributed by atoms with Gasteiger partial charge in [-0.1, -0.05) is 0 Å². The van der Waals surface area contributed by atoms with Crippen molar-refractivity contribution in [1.29, 1.82) is 0 Å². The molecular weight excluding hydrogens is 288 g/mol. The van der Waals surface area contributed by atoms with Crippen LogP contribution in [0.3, 0.4) is 0 Å². The molecule has 5 rings (SSSR count). The Morgan fingerprint density at radius 2 is 1.95 bits per heavy atom. The third-order valence-corrected chi connectivity index (χ3v) is 6.50. The van der Waals surface area contributed by atoms with Crippen LogP contribution in [0.5, 0.6) is 0 Å². The summed E-state index contributed by atoms with van der Waals surface area (Å²) in [6.07, 6.45) is 7.83. The summed E-state index contributed by atoms with van der Waals surface area (Å²) in [7, 11) is 0. The molecule has 2 N–H and O–H groups in total. The minimum absolute atomic E-state index is 0.0279. The van der Waals surface area contributed by atoms with Crippen molar-refractivity contribution in [2.75, 3.05) is 6.54 Å². The maximum Gasteiger partial charge on any atom is 0.242 e. The molecular formula is C16H23ClN2O2. The number of carbonyl (C=O) groups is 2. The number of halogens is 1. The van der Waals surface area contributed by atoms with Gasteiger partial charge in [-0.2, -0.15) is 0 Å². The molecule has 4 saturated carbocycles. The van der Waals surface area contributed by atoms with Crippen molar-refractivity contribution in [1.82, 2.24) is 10.6 Å². The SMILES string of the molecule is O=C1NCCC[C@H]1NC(=O)C12CC3CC(CC(Cl)(C3)C1)C2. The predicted octanol–water partition coefficient (Wildman–Crippen LogP) is 1.96. The molecule has 1 heterocycles. The van der Waals surface area contributed by atoms with Crippen LogP contribution < -0.4 is 10.6 Å². The Labute approximate surface area is 130 Å². The second-order valence-corrected chi connectivity index (χ2v) is 8.65. The van der Waals surface area contributed by atoms with E-state index in [0.29, 0.717) is 11.8 Å². The lowest BCUT2D eigenvalue weighted by molar-refractivity contribution is -0.147. The zero-order valence-electron chi connectivity index (χ0n) is 12.3. The Balaban J connectivity index is 1.52. The van der Waals surface area contributed by atoms with Gasteiger partial charge in [0.05, 0.1) is 5.41 Å². The van der Waals surface area contributed by atoms with Gasteiger partial charge in [-0.25, -0.2) is 0 Å². The molecule has 5 fully saturated rings. The highest BCUT2D eigenvalue weighted by Crippen LogP contribution is 2.63. The number of hydrogen-bond acceptors (Lipinski definition) is 2. The smallest absolute Gasteiger partial charge is 0.242 e. The average molecular weight is 311 g/mol. The number of carbonyl (C=O) groups excluding carboxylic acids is 2. The summed E-state index contributed by atoms with van der Waals surface area (Å²) in [6, 6.07) is -0.342. The molecule has 5 aliphatic rings. The average Bonchev–Trinajstić information content (AvgIpc) is 2.38. The van der Waals surface area contributed by atoms with Gasteiger partial charge in [0.1, 0.15) is 6.04 Å². The molecule has 3 atom stereocenters. The molecule has 4 bridgehead atoms. The van der Waals surface area contributed by atoms with E-state index < -0.39 is 0 Å². The van der Waals surface area contributed by atoms with Gasteiger partial charge in [0.15, 0.2) is 0 Å². The van der Waals surface area contributed by atoms with Crippen LogP contribution >= 0.6 is 11.6 Å². The van der Waals surface area contributed by atoms with E-state index in [9.17, 15) is 9.59 Å².